The number of fused-ring (bicyclic) bond motifs is 3. The summed E-state index contributed by atoms with van der Waals surface area (Å²) in [5, 5.41) is 65.8. The number of β-lactam (4-membered cyclic amide) rings is 3. The number of hydrogen-bond donors (Lipinski definition) is 10. The molecule has 3 saturated heterocycles. The number of tetrazole rings is 1. The number of phenols is 1. The van der Waals surface area contributed by atoms with Gasteiger partial charge in [0.25, 0.3) is 23.6 Å². The molecule has 6 aliphatic rings. The van der Waals surface area contributed by atoms with E-state index in [0.29, 0.717) is 50.3 Å². The van der Waals surface area contributed by atoms with Crippen LogP contribution in [0.1, 0.15) is 41.8 Å². The fourth-order valence-electron chi connectivity index (χ4n) is 8.80. The van der Waals surface area contributed by atoms with E-state index in [1.54, 1.807) is 68.6 Å². The molecule has 7 heterocycles. The van der Waals surface area contributed by atoms with Crippen molar-refractivity contribution in [2.75, 3.05) is 23.0 Å². The van der Waals surface area contributed by atoms with Crippen molar-refractivity contribution in [1.82, 2.24) is 50.9 Å². The van der Waals surface area contributed by atoms with Gasteiger partial charge in [0, 0.05) is 30.1 Å². The molecule has 430 valence electrons. The van der Waals surface area contributed by atoms with Gasteiger partial charge >= 0.3 is 47.5 Å². The summed E-state index contributed by atoms with van der Waals surface area (Å²) in [4.78, 5) is 112. The Kier molecular flexibility index (Phi) is 21.9. The van der Waals surface area contributed by atoms with Crippen LogP contribution in [0.5, 0.6) is 5.75 Å². The number of hydrogen-bond acceptors (Lipinski definition) is 20. The van der Waals surface area contributed by atoms with E-state index in [-0.39, 0.29) is 68.7 Å². The van der Waals surface area contributed by atoms with Crippen molar-refractivity contribution >= 4 is 142 Å². The molecule has 0 saturated carbocycles. The summed E-state index contributed by atoms with van der Waals surface area (Å²) >= 11 is 11.2. The Morgan fingerprint density at radius 1 is 0.659 bits per heavy atom. The molecule has 9 atom stereocenters. The van der Waals surface area contributed by atoms with Crippen LogP contribution < -0.4 is 27.4 Å². The molecule has 14 N–H and O–H groups in total. The van der Waals surface area contributed by atoms with Crippen LogP contribution in [-0.4, -0.2) is 206 Å². The first-order valence-electron chi connectivity index (χ1n) is 23.8. The van der Waals surface area contributed by atoms with E-state index in [1.165, 1.54) is 85.8 Å². The van der Waals surface area contributed by atoms with E-state index >= 15 is 0 Å². The standard InChI is InChI=1S/C18H18N6O5S2.C16H17N3O5S.C15H14ClN3O4S.Na.H2O.H/c1-23-18(20-21-22-23)31-8-10-7-30-16-11(15(27)24(16)12(10)17(28)29)19-14(26)13(25)9-5-3-2-4-6-9;1-7-6-25-15-11(14(22)19(15)12(7)16(23)24)18-13(21)10(17)8-2-4-9(20)5-3-8;16-8-6-24-14-10(13(21)19(14)11(8)15(22)23)18-12(20)9(17)7-4-2-1-3-5-7;;;/h2-6,11,13,16,25H,7-8H2,1H3,(H,19,26)(H,28,29);2-5,10-11,15,20H,6,17H2,1H3,(H,18,21)(H,23,24);1-5,9-10,14H,6,17H2,(H,18,20)(H,22,23);;1H2;/t11-,13-,16-;10-,11-,15-;9-,10-,14-;;;/m111.../s1. The normalized spacial score (nSPS) is 22.3. The third-order valence-corrected chi connectivity index (χ3v) is 18.5. The minimum atomic E-state index is -1.42. The Hall–Kier alpha value is -6.49. The van der Waals surface area contributed by atoms with Crippen LogP contribution in [0.3, 0.4) is 0 Å². The Labute approximate surface area is 509 Å². The van der Waals surface area contributed by atoms with E-state index in [1.807, 2.05) is 6.07 Å². The number of aliphatic hydroxyl groups is 1. The molecule has 27 nitrogen and oxygen atoms in total. The maximum absolute atomic E-state index is 12.7. The van der Waals surface area contributed by atoms with Gasteiger partial charge < -0.3 is 58.4 Å². The summed E-state index contributed by atoms with van der Waals surface area (Å²) in [5.41, 5.74) is 14.2. The zero-order chi connectivity index (χ0) is 57.9. The third kappa shape index (κ3) is 13.5. The molecule has 0 unspecified atom stereocenters. The van der Waals surface area contributed by atoms with Crippen LogP contribution in [0, 0.1) is 0 Å². The number of rotatable bonds is 15. The Balaban J connectivity index is 0.000000197. The fraction of sp³-hybridized carbons (Fsp3) is 0.306. The number of benzene rings is 3. The van der Waals surface area contributed by atoms with E-state index in [4.69, 9.17) is 23.1 Å². The minimum absolute atomic E-state index is 0. The number of halogens is 1. The number of carboxylic acids is 3. The number of nitrogens with two attached hydrogens (primary N) is 2. The maximum atomic E-state index is 12.7. The quantitative estimate of drug-likeness (QED) is 0.0391. The van der Waals surface area contributed by atoms with Gasteiger partial charge in [0.15, 0.2) is 6.10 Å². The molecule has 3 aromatic carbocycles. The van der Waals surface area contributed by atoms with Gasteiger partial charge in [0.2, 0.25) is 17.0 Å². The van der Waals surface area contributed by atoms with Crippen LogP contribution in [0.2, 0.25) is 0 Å². The van der Waals surface area contributed by atoms with Gasteiger partial charge in [-0.1, -0.05) is 96.2 Å². The van der Waals surface area contributed by atoms with Gasteiger partial charge in [-0.2, -0.15) is 0 Å². The number of aromatic hydroxyl groups is 1. The van der Waals surface area contributed by atoms with Gasteiger partial charge in [-0.05, 0) is 57.3 Å². The van der Waals surface area contributed by atoms with Crippen molar-refractivity contribution in [3.05, 3.63) is 135 Å². The van der Waals surface area contributed by atoms with E-state index in [2.05, 4.69) is 31.5 Å². The summed E-state index contributed by atoms with van der Waals surface area (Å²) in [7, 11) is 1.68. The predicted octanol–water partition coefficient (Wildman–Crippen LogP) is -0.927. The number of aryl methyl sites for hydroxylation is 1. The molecule has 10 rings (SSSR count). The summed E-state index contributed by atoms with van der Waals surface area (Å²) in [5.74, 6) is -5.34. The number of nitrogens with zero attached hydrogens (tertiary/aromatic N) is 7. The van der Waals surface area contributed by atoms with E-state index < -0.39 is 106 Å². The van der Waals surface area contributed by atoms with Gasteiger partial charge in [0.1, 0.15) is 69.2 Å². The predicted molar refractivity (Wildman–Crippen MR) is 301 cm³/mol. The fourth-order valence-corrected chi connectivity index (χ4v) is 14.0. The molecule has 6 amide bonds. The van der Waals surface area contributed by atoms with Gasteiger partial charge in [-0.25, -0.2) is 19.1 Å². The number of aliphatic carboxylic acids is 3. The van der Waals surface area contributed by atoms with E-state index in [9.17, 15) is 68.7 Å². The van der Waals surface area contributed by atoms with Crippen molar-refractivity contribution in [2.45, 2.75) is 64.5 Å². The zero-order valence-corrected chi connectivity index (χ0v) is 46.3. The monoisotopic (exact) mass is 1230 g/mol. The summed E-state index contributed by atoms with van der Waals surface area (Å²) < 4.78 is 1.48. The molecular weight excluding hydrogens is 1180 g/mol. The molecular formula is C49H52ClN12NaO15S4. The molecule has 0 spiro atoms. The third-order valence-electron chi connectivity index (χ3n) is 12.9. The first kappa shape index (κ1) is 64.7. The first-order valence-corrected chi connectivity index (χ1v) is 28.3. The van der Waals surface area contributed by atoms with Crippen molar-refractivity contribution < 1.29 is 74.2 Å². The average Bonchev–Trinajstić information content (AvgIpc) is 3.87. The molecule has 6 aliphatic heterocycles. The number of aromatic nitrogens is 4. The molecule has 33 heteroatoms. The molecule has 3 fully saturated rings. The van der Waals surface area contributed by atoms with Gasteiger partial charge in [-0.3, -0.25) is 43.5 Å². The number of thioether (sulfide) groups is 4. The molecule has 4 aromatic rings. The van der Waals surface area contributed by atoms with Crippen molar-refractivity contribution in [1.29, 1.82) is 0 Å². The molecule has 82 heavy (non-hydrogen) atoms. The number of nitrogens with one attached hydrogen (secondary N) is 3. The molecule has 1 aromatic heterocycles. The number of phenolic OH excluding ortho intramolecular Hbond substituents is 1. The summed E-state index contributed by atoms with van der Waals surface area (Å²) in [6.45, 7) is 1.67. The second-order valence-corrected chi connectivity index (χ2v) is 22.8. The second kappa shape index (κ2) is 27.7. The zero-order valence-electron chi connectivity index (χ0n) is 42.3. The van der Waals surface area contributed by atoms with Crippen LogP contribution in [0.15, 0.2) is 123 Å². The Morgan fingerprint density at radius 3 is 1.56 bits per heavy atom. The molecule has 0 radical (unpaired) electrons. The second-order valence-electron chi connectivity index (χ2n) is 18.1. The summed E-state index contributed by atoms with van der Waals surface area (Å²) in [6.07, 6.45) is -1.42. The topological polar surface area (TPSA) is 428 Å². The average molecular weight is 1240 g/mol. The molecule has 0 aliphatic carbocycles. The van der Waals surface area contributed by atoms with Crippen molar-refractivity contribution in [2.24, 2.45) is 18.5 Å². The van der Waals surface area contributed by atoms with Crippen molar-refractivity contribution in [3.63, 3.8) is 0 Å². The van der Waals surface area contributed by atoms with Crippen LogP contribution in [-0.2, 0) is 50.2 Å². The first-order chi connectivity index (χ1) is 38.1. The summed E-state index contributed by atoms with van der Waals surface area (Å²) in [6, 6.07) is 18.6. The SMILES string of the molecule is CC1=C(C(=O)O)N2C(=O)[C@@H](NC(=O)[C@H](N)c3ccc(O)cc3)[C@H]2SC1.Cn1nnnc1SCC1=C(C(=O)O)N2C(=O)[C@@H](NC(=O)[C@H](O)c3ccccc3)[C@H]2SC1.N[C@@H](C(=O)N[C@@H]1C(=O)N2C(C(=O)O)=C(Cl)CS[C@H]12)c1ccccc1.O.[NaH]. The Morgan fingerprint density at radius 2 is 1.09 bits per heavy atom. The molecule has 0 bridgehead atoms. The van der Waals surface area contributed by atoms with E-state index in [0.717, 1.165) is 4.90 Å². The van der Waals surface area contributed by atoms with Crippen LogP contribution in [0.25, 0.3) is 0 Å². The Bertz CT molecular complexity index is 3260. The van der Waals surface area contributed by atoms with Crippen LogP contribution >= 0.6 is 58.6 Å². The number of carbonyl (C=O) groups is 9. The van der Waals surface area contributed by atoms with Crippen LogP contribution in [0.4, 0.5) is 0 Å². The number of carbonyl (C=O) groups excluding carboxylic acids is 6. The number of aliphatic hydroxyl groups excluding tert-OH is 1. The number of carboxylic acid groups (broad SMARTS) is 3. The number of amides is 6. The van der Waals surface area contributed by atoms with Gasteiger partial charge in [0.05, 0.1) is 5.03 Å². The van der Waals surface area contributed by atoms with Crippen molar-refractivity contribution in [3.8, 4) is 5.75 Å². The van der Waals surface area contributed by atoms with Gasteiger partial charge in [-0.15, -0.1) is 40.4 Å².